The van der Waals surface area contributed by atoms with Gasteiger partial charge in [0.1, 0.15) is 0 Å². The van der Waals surface area contributed by atoms with Crippen LogP contribution in [-0.4, -0.2) is 35.4 Å². The van der Waals surface area contributed by atoms with Gasteiger partial charge >= 0.3 is 0 Å². The molecule has 0 radical (unpaired) electrons. The van der Waals surface area contributed by atoms with Gasteiger partial charge in [-0.05, 0) is 23.1 Å². The van der Waals surface area contributed by atoms with Gasteiger partial charge in [-0.1, -0.05) is 43.3 Å². The van der Waals surface area contributed by atoms with Crippen LogP contribution in [0.2, 0.25) is 0 Å². The number of rotatable bonds is 5. The van der Waals surface area contributed by atoms with Gasteiger partial charge in [0.15, 0.2) is 0 Å². The quantitative estimate of drug-likeness (QED) is 0.662. The van der Waals surface area contributed by atoms with E-state index < -0.39 is 4.92 Å². The highest BCUT2D eigenvalue weighted by Crippen LogP contribution is 2.24. The molecule has 26 heavy (non-hydrogen) atoms. The fourth-order valence-electron chi connectivity index (χ4n) is 3.29. The molecular formula is C20H23N3O3. The first-order valence-corrected chi connectivity index (χ1v) is 8.91. The van der Waals surface area contributed by atoms with E-state index in [1.54, 1.807) is 12.1 Å². The van der Waals surface area contributed by atoms with Crippen LogP contribution >= 0.6 is 0 Å². The Kier molecular flexibility index (Phi) is 5.63. The van der Waals surface area contributed by atoms with Crippen LogP contribution in [0.15, 0.2) is 48.5 Å². The molecule has 1 N–H and O–H groups in total. The molecule has 3 rings (SSSR count). The number of nitro groups is 1. The highest BCUT2D eigenvalue weighted by molar-refractivity contribution is 5.79. The van der Waals surface area contributed by atoms with Crippen molar-refractivity contribution < 1.29 is 9.72 Å². The molecule has 1 unspecified atom stereocenters. The average Bonchev–Trinajstić information content (AvgIpc) is 2.68. The molecule has 136 valence electrons. The Morgan fingerprint density at radius 2 is 1.81 bits per heavy atom. The van der Waals surface area contributed by atoms with Gasteiger partial charge in [-0.2, -0.15) is 0 Å². The summed E-state index contributed by atoms with van der Waals surface area (Å²) in [5.74, 6) is 0.0462. The van der Waals surface area contributed by atoms with Gasteiger partial charge in [-0.25, -0.2) is 0 Å². The Bertz CT molecular complexity index is 772. The van der Waals surface area contributed by atoms with Crippen LogP contribution in [0.1, 0.15) is 29.7 Å². The van der Waals surface area contributed by atoms with Gasteiger partial charge in [-0.15, -0.1) is 0 Å². The lowest BCUT2D eigenvalue weighted by atomic mass is 10.00. The van der Waals surface area contributed by atoms with Crippen molar-refractivity contribution in [3.8, 4) is 0 Å². The summed E-state index contributed by atoms with van der Waals surface area (Å²) in [5.41, 5.74) is 3.24. The number of benzene rings is 2. The van der Waals surface area contributed by atoms with Crippen molar-refractivity contribution in [2.75, 3.05) is 19.6 Å². The molecule has 1 aliphatic rings. The third kappa shape index (κ3) is 4.08. The second-order valence-electron chi connectivity index (χ2n) is 6.50. The van der Waals surface area contributed by atoms with E-state index in [0.717, 1.165) is 30.6 Å². The maximum absolute atomic E-state index is 12.9. The number of hydrogen-bond acceptors (Lipinski definition) is 4. The third-order valence-electron chi connectivity index (χ3n) is 4.84. The number of hydrogen-bond donors (Lipinski definition) is 1. The number of non-ortho nitro benzene ring substituents is 1. The van der Waals surface area contributed by atoms with E-state index in [1.165, 1.54) is 17.7 Å². The van der Waals surface area contributed by atoms with E-state index in [0.29, 0.717) is 6.54 Å². The van der Waals surface area contributed by atoms with Gasteiger partial charge in [0.25, 0.3) is 5.69 Å². The molecule has 6 nitrogen and oxygen atoms in total. The van der Waals surface area contributed by atoms with Gasteiger partial charge in [0, 0.05) is 31.8 Å². The van der Waals surface area contributed by atoms with Crippen molar-refractivity contribution in [1.29, 1.82) is 0 Å². The zero-order chi connectivity index (χ0) is 18.5. The first kappa shape index (κ1) is 18.1. The lowest BCUT2D eigenvalue weighted by Crippen LogP contribution is -2.49. The maximum atomic E-state index is 12.9. The molecule has 1 heterocycles. The summed E-state index contributed by atoms with van der Waals surface area (Å²) in [6, 6.07) is 14.6. The summed E-state index contributed by atoms with van der Waals surface area (Å²) >= 11 is 0. The predicted octanol–water partition coefficient (Wildman–Crippen LogP) is 2.87. The van der Waals surface area contributed by atoms with Crippen molar-refractivity contribution in [1.82, 2.24) is 10.2 Å². The molecule has 0 saturated carbocycles. The van der Waals surface area contributed by atoms with Crippen LogP contribution in [0.5, 0.6) is 0 Å². The molecule has 1 amide bonds. The monoisotopic (exact) mass is 353 g/mol. The second-order valence-corrected chi connectivity index (χ2v) is 6.50. The number of nitrogens with zero attached hydrogens (tertiary/aromatic N) is 2. The van der Waals surface area contributed by atoms with Crippen molar-refractivity contribution in [2.24, 2.45) is 0 Å². The summed E-state index contributed by atoms with van der Waals surface area (Å²) in [4.78, 5) is 25.1. The molecular weight excluding hydrogens is 330 g/mol. The van der Waals surface area contributed by atoms with E-state index in [-0.39, 0.29) is 24.1 Å². The lowest BCUT2D eigenvalue weighted by Gasteiger charge is -2.36. The topological polar surface area (TPSA) is 75.5 Å². The number of amides is 1. The maximum Gasteiger partial charge on any atom is 0.269 e. The Balaban J connectivity index is 1.73. The zero-order valence-corrected chi connectivity index (χ0v) is 14.9. The second kappa shape index (κ2) is 8.10. The van der Waals surface area contributed by atoms with Crippen LogP contribution in [0.25, 0.3) is 0 Å². The zero-order valence-electron chi connectivity index (χ0n) is 14.9. The van der Waals surface area contributed by atoms with Crippen molar-refractivity contribution >= 4 is 11.6 Å². The number of aryl methyl sites for hydroxylation is 1. The smallest absolute Gasteiger partial charge is 0.269 e. The minimum atomic E-state index is -0.433. The van der Waals surface area contributed by atoms with E-state index in [4.69, 9.17) is 0 Å². The molecule has 1 aliphatic heterocycles. The molecule has 0 spiro atoms. The van der Waals surface area contributed by atoms with Crippen LogP contribution in [0.3, 0.4) is 0 Å². The number of carbonyl (C=O) groups is 1. The normalized spacial score (nSPS) is 17.1. The van der Waals surface area contributed by atoms with E-state index in [1.807, 2.05) is 4.90 Å². The standard InChI is InChI=1S/C20H23N3O3/c1-2-15-3-7-17(8-4-15)19-14-21-11-12-22(19)20(24)13-16-5-9-18(10-6-16)23(25)26/h3-10,19,21H,2,11-14H2,1H3. The third-order valence-corrected chi connectivity index (χ3v) is 4.84. The average molecular weight is 353 g/mol. The summed E-state index contributed by atoms with van der Waals surface area (Å²) in [5, 5.41) is 14.1. The molecule has 0 aliphatic carbocycles. The van der Waals surface area contributed by atoms with Gasteiger partial charge in [0.05, 0.1) is 17.4 Å². The fourth-order valence-corrected chi connectivity index (χ4v) is 3.29. The number of piperazine rings is 1. The van der Waals surface area contributed by atoms with Crippen LogP contribution < -0.4 is 5.32 Å². The minimum Gasteiger partial charge on any atom is -0.333 e. The Morgan fingerprint density at radius 3 is 2.42 bits per heavy atom. The summed E-state index contributed by atoms with van der Waals surface area (Å²) in [6.07, 6.45) is 1.24. The van der Waals surface area contributed by atoms with Crippen molar-refractivity contribution in [2.45, 2.75) is 25.8 Å². The minimum absolute atomic E-state index is 0.0141. The van der Waals surface area contributed by atoms with E-state index >= 15 is 0 Å². The van der Waals surface area contributed by atoms with E-state index in [9.17, 15) is 14.9 Å². The number of nitrogens with one attached hydrogen (secondary N) is 1. The number of carbonyl (C=O) groups excluding carboxylic acids is 1. The van der Waals surface area contributed by atoms with Crippen LogP contribution in [-0.2, 0) is 17.6 Å². The summed E-state index contributed by atoms with van der Waals surface area (Å²) in [6.45, 7) is 4.29. The first-order chi connectivity index (χ1) is 12.6. The van der Waals surface area contributed by atoms with Gasteiger partial charge in [0.2, 0.25) is 5.91 Å². The van der Waals surface area contributed by atoms with E-state index in [2.05, 4.69) is 36.5 Å². The first-order valence-electron chi connectivity index (χ1n) is 8.91. The Labute approximate surface area is 153 Å². The Morgan fingerprint density at radius 1 is 1.15 bits per heavy atom. The summed E-state index contributed by atoms with van der Waals surface area (Å²) in [7, 11) is 0. The summed E-state index contributed by atoms with van der Waals surface area (Å²) < 4.78 is 0. The Hall–Kier alpha value is -2.73. The molecule has 1 fully saturated rings. The largest absolute Gasteiger partial charge is 0.333 e. The molecule has 2 aromatic rings. The molecule has 0 aromatic heterocycles. The highest BCUT2D eigenvalue weighted by Gasteiger charge is 2.27. The van der Waals surface area contributed by atoms with Gasteiger partial charge in [-0.3, -0.25) is 14.9 Å². The van der Waals surface area contributed by atoms with Crippen molar-refractivity contribution in [3.63, 3.8) is 0 Å². The van der Waals surface area contributed by atoms with Crippen LogP contribution in [0, 0.1) is 10.1 Å². The van der Waals surface area contributed by atoms with Gasteiger partial charge < -0.3 is 10.2 Å². The van der Waals surface area contributed by atoms with Crippen LogP contribution in [0.4, 0.5) is 5.69 Å². The van der Waals surface area contributed by atoms with Crippen molar-refractivity contribution in [3.05, 3.63) is 75.3 Å². The molecule has 1 atom stereocenters. The molecule has 6 heteroatoms. The predicted molar refractivity (Wildman–Crippen MR) is 99.9 cm³/mol. The lowest BCUT2D eigenvalue weighted by molar-refractivity contribution is -0.384. The molecule has 0 bridgehead atoms. The molecule has 1 saturated heterocycles. The number of nitro benzene ring substituents is 1. The fraction of sp³-hybridized carbons (Fsp3) is 0.350. The molecule has 2 aromatic carbocycles. The highest BCUT2D eigenvalue weighted by atomic mass is 16.6. The SMILES string of the molecule is CCc1ccc(C2CNCCN2C(=O)Cc2ccc([N+](=O)[O-])cc2)cc1.